The Balaban J connectivity index is 1.83. The van der Waals surface area contributed by atoms with Crippen LogP contribution in [0.15, 0.2) is 18.2 Å². The van der Waals surface area contributed by atoms with Crippen LogP contribution in [0.4, 0.5) is 11.4 Å². The van der Waals surface area contributed by atoms with E-state index >= 15 is 0 Å². The minimum Gasteiger partial charge on any atom is -0.382 e. The van der Waals surface area contributed by atoms with Crippen molar-refractivity contribution in [1.82, 2.24) is 0 Å². The van der Waals surface area contributed by atoms with Crippen LogP contribution >= 0.6 is 0 Å². The van der Waals surface area contributed by atoms with Gasteiger partial charge in [-0.25, -0.2) is 0 Å². The van der Waals surface area contributed by atoms with Crippen LogP contribution < -0.4 is 10.2 Å². The highest BCUT2D eigenvalue weighted by atomic mass is 16.5. The second-order valence-electron chi connectivity index (χ2n) is 4.85. The molecule has 1 saturated heterocycles. The van der Waals surface area contributed by atoms with Gasteiger partial charge in [0.05, 0.1) is 29.1 Å². The standard InChI is InChI=1S/C14H17N3O/c15-9-11-3-4-13-14(8-11)17(6-5-16-13)10-12-2-1-7-18-12/h3-4,8,12,16H,1-2,5-7,10H2. The van der Waals surface area contributed by atoms with E-state index in [9.17, 15) is 0 Å². The summed E-state index contributed by atoms with van der Waals surface area (Å²) in [4.78, 5) is 2.34. The zero-order valence-corrected chi connectivity index (χ0v) is 10.4. The molecule has 0 amide bonds. The van der Waals surface area contributed by atoms with E-state index in [1.165, 1.54) is 6.42 Å². The number of benzene rings is 1. The van der Waals surface area contributed by atoms with Crippen molar-refractivity contribution in [3.05, 3.63) is 23.8 Å². The van der Waals surface area contributed by atoms with Crippen LogP contribution in [0.3, 0.4) is 0 Å². The quantitative estimate of drug-likeness (QED) is 0.862. The van der Waals surface area contributed by atoms with Crippen LogP contribution in [0.1, 0.15) is 18.4 Å². The summed E-state index contributed by atoms with van der Waals surface area (Å²) < 4.78 is 5.70. The number of hydrogen-bond acceptors (Lipinski definition) is 4. The molecule has 4 nitrogen and oxygen atoms in total. The summed E-state index contributed by atoms with van der Waals surface area (Å²) in [6.45, 7) is 3.75. The smallest absolute Gasteiger partial charge is 0.0992 e. The number of hydrogen-bond donors (Lipinski definition) is 1. The molecule has 1 atom stereocenters. The fourth-order valence-electron chi connectivity index (χ4n) is 2.68. The van der Waals surface area contributed by atoms with E-state index in [4.69, 9.17) is 10.00 Å². The molecule has 0 aromatic heterocycles. The van der Waals surface area contributed by atoms with Crippen LogP contribution in [0.5, 0.6) is 0 Å². The summed E-state index contributed by atoms with van der Waals surface area (Å²) in [7, 11) is 0. The summed E-state index contributed by atoms with van der Waals surface area (Å²) in [6, 6.07) is 8.03. The van der Waals surface area contributed by atoms with Crippen LogP contribution in [0, 0.1) is 11.3 Å². The molecule has 0 spiro atoms. The summed E-state index contributed by atoms with van der Waals surface area (Å²) >= 11 is 0. The van der Waals surface area contributed by atoms with Gasteiger partial charge in [0.2, 0.25) is 0 Å². The molecule has 2 aliphatic heterocycles. The molecule has 0 radical (unpaired) electrons. The van der Waals surface area contributed by atoms with Crippen LogP contribution in [-0.2, 0) is 4.74 Å². The van der Waals surface area contributed by atoms with Gasteiger partial charge in [-0.1, -0.05) is 0 Å². The Morgan fingerprint density at radius 2 is 2.44 bits per heavy atom. The van der Waals surface area contributed by atoms with Crippen molar-refractivity contribution in [1.29, 1.82) is 5.26 Å². The minimum atomic E-state index is 0.349. The Labute approximate surface area is 107 Å². The molecule has 0 saturated carbocycles. The van der Waals surface area contributed by atoms with Crippen LogP contribution in [-0.4, -0.2) is 32.3 Å². The van der Waals surface area contributed by atoms with Gasteiger partial charge in [-0.3, -0.25) is 0 Å². The molecule has 4 heteroatoms. The minimum absolute atomic E-state index is 0.349. The third kappa shape index (κ3) is 2.14. The number of nitriles is 1. The lowest BCUT2D eigenvalue weighted by Gasteiger charge is -2.33. The molecule has 2 aliphatic rings. The zero-order chi connectivity index (χ0) is 12.4. The Morgan fingerprint density at radius 3 is 3.22 bits per heavy atom. The van der Waals surface area contributed by atoms with Crippen LogP contribution in [0.25, 0.3) is 0 Å². The van der Waals surface area contributed by atoms with E-state index < -0.39 is 0 Å². The second kappa shape index (κ2) is 4.87. The Morgan fingerprint density at radius 1 is 1.50 bits per heavy atom. The first-order chi connectivity index (χ1) is 8.86. The normalized spacial score (nSPS) is 22.2. The van der Waals surface area contributed by atoms with Gasteiger partial charge in [0, 0.05) is 26.2 Å². The van der Waals surface area contributed by atoms with Crippen molar-refractivity contribution < 1.29 is 4.74 Å². The lowest BCUT2D eigenvalue weighted by molar-refractivity contribution is 0.115. The second-order valence-corrected chi connectivity index (χ2v) is 4.85. The molecule has 18 heavy (non-hydrogen) atoms. The number of rotatable bonds is 2. The summed E-state index contributed by atoms with van der Waals surface area (Å²) in [5, 5.41) is 12.4. The van der Waals surface area contributed by atoms with Crippen molar-refractivity contribution in [2.75, 3.05) is 36.5 Å². The first kappa shape index (κ1) is 11.4. The van der Waals surface area contributed by atoms with E-state index in [2.05, 4.69) is 16.3 Å². The first-order valence-electron chi connectivity index (χ1n) is 6.51. The van der Waals surface area contributed by atoms with Gasteiger partial charge in [-0.15, -0.1) is 0 Å². The van der Waals surface area contributed by atoms with Gasteiger partial charge in [0.1, 0.15) is 0 Å². The lowest BCUT2D eigenvalue weighted by Crippen LogP contribution is -2.39. The number of nitrogens with zero attached hydrogens (tertiary/aromatic N) is 2. The monoisotopic (exact) mass is 243 g/mol. The van der Waals surface area contributed by atoms with Crippen molar-refractivity contribution in [3.8, 4) is 6.07 Å². The maximum atomic E-state index is 9.00. The molecule has 1 aromatic rings. The topological polar surface area (TPSA) is 48.3 Å². The average molecular weight is 243 g/mol. The highest BCUT2D eigenvalue weighted by Gasteiger charge is 2.23. The van der Waals surface area contributed by atoms with Gasteiger partial charge in [0.25, 0.3) is 0 Å². The fourth-order valence-corrected chi connectivity index (χ4v) is 2.68. The maximum absolute atomic E-state index is 9.00. The van der Waals surface area contributed by atoms with Gasteiger partial charge >= 0.3 is 0 Å². The van der Waals surface area contributed by atoms with E-state index in [0.717, 1.165) is 49.6 Å². The van der Waals surface area contributed by atoms with E-state index in [0.29, 0.717) is 6.10 Å². The predicted molar refractivity (Wildman–Crippen MR) is 70.8 cm³/mol. The molecule has 94 valence electrons. The van der Waals surface area contributed by atoms with E-state index in [-0.39, 0.29) is 0 Å². The van der Waals surface area contributed by atoms with E-state index in [1.54, 1.807) is 0 Å². The third-order valence-electron chi connectivity index (χ3n) is 3.61. The maximum Gasteiger partial charge on any atom is 0.0992 e. The van der Waals surface area contributed by atoms with Gasteiger partial charge in [-0.05, 0) is 31.0 Å². The molecule has 0 bridgehead atoms. The molecule has 1 N–H and O–H groups in total. The fraction of sp³-hybridized carbons (Fsp3) is 0.500. The lowest BCUT2D eigenvalue weighted by atomic mass is 10.1. The Kier molecular flexibility index (Phi) is 3.07. The highest BCUT2D eigenvalue weighted by molar-refractivity contribution is 5.73. The molecule has 1 unspecified atom stereocenters. The number of fused-ring (bicyclic) bond motifs is 1. The van der Waals surface area contributed by atoms with Gasteiger partial charge in [0.15, 0.2) is 0 Å². The highest BCUT2D eigenvalue weighted by Crippen LogP contribution is 2.30. The number of nitrogens with one attached hydrogen (secondary N) is 1. The summed E-state index contributed by atoms with van der Waals surface area (Å²) in [6.07, 6.45) is 2.67. The Bertz CT molecular complexity index is 474. The average Bonchev–Trinajstić information content (AvgIpc) is 2.91. The first-order valence-corrected chi connectivity index (χ1v) is 6.51. The third-order valence-corrected chi connectivity index (χ3v) is 3.61. The predicted octanol–water partition coefficient (Wildman–Crippen LogP) is 1.97. The number of anilines is 2. The van der Waals surface area contributed by atoms with Gasteiger partial charge in [-0.2, -0.15) is 5.26 Å². The summed E-state index contributed by atoms with van der Waals surface area (Å²) in [5.41, 5.74) is 2.98. The Hall–Kier alpha value is -1.73. The molecule has 0 aliphatic carbocycles. The largest absolute Gasteiger partial charge is 0.382 e. The molecule has 3 rings (SSSR count). The van der Waals surface area contributed by atoms with Crippen LogP contribution in [0.2, 0.25) is 0 Å². The van der Waals surface area contributed by atoms with Crippen molar-refractivity contribution in [3.63, 3.8) is 0 Å². The zero-order valence-electron chi connectivity index (χ0n) is 10.4. The molecule has 1 fully saturated rings. The SMILES string of the molecule is N#Cc1ccc2c(c1)N(CC1CCCO1)CCN2. The molecular formula is C14H17N3O. The van der Waals surface area contributed by atoms with Crippen molar-refractivity contribution in [2.24, 2.45) is 0 Å². The van der Waals surface area contributed by atoms with Crippen molar-refractivity contribution >= 4 is 11.4 Å². The molecular weight excluding hydrogens is 226 g/mol. The van der Waals surface area contributed by atoms with E-state index in [1.807, 2.05) is 18.2 Å². The summed E-state index contributed by atoms with van der Waals surface area (Å²) in [5.74, 6) is 0. The van der Waals surface area contributed by atoms with Crippen molar-refractivity contribution in [2.45, 2.75) is 18.9 Å². The molecule has 2 heterocycles. The number of ether oxygens (including phenoxy) is 1. The molecule has 1 aromatic carbocycles. The van der Waals surface area contributed by atoms with Gasteiger partial charge < -0.3 is 15.0 Å².